The van der Waals surface area contributed by atoms with Gasteiger partial charge in [0.1, 0.15) is 5.75 Å². The molecule has 0 bridgehead atoms. The monoisotopic (exact) mass is 453 g/mol. The van der Waals surface area contributed by atoms with E-state index in [4.69, 9.17) is 10.5 Å². The van der Waals surface area contributed by atoms with Gasteiger partial charge in [-0.15, -0.1) is 24.0 Å². The lowest BCUT2D eigenvalue weighted by Crippen LogP contribution is -2.33. The second-order valence-corrected chi connectivity index (χ2v) is 5.99. The molecule has 0 amide bonds. The molecule has 4 nitrogen and oxygen atoms in total. The first-order chi connectivity index (χ1) is 11.6. The zero-order valence-corrected chi connectivity index (χ0v) is 17.3. The molecule has 25 heavy (non-hydrogen) atoms. The molecular formula is C20H28IN3O. The van der Waals surface area contributed by atoms with Crippen molar-refractivity contribution in [2.45, 2.75) is 32.8 Å². The predicted octanol–water partition coefficient (Wildman–Crippen LogP) is 3.78. The van der Waals surface area contributed by atoms with Crippen LogP contribution >= 0.6 is 24.0 Å². The second kappa shape index (κ2) is 11.7. The standard InChI is InChI=1S/C20H27N3O.HI/c1-16(2)24-19-10-8-18(9-11-19)13-15-23-20(21)22-14-12-17-6-4-3-5-7-17;/h3-11,16H,12-15H2,1-2H3,(H3,21,22,23);1H. The van der Waals surface area contributed by atoms with Gasteiger partial charge in [-0.2, -0.15) is 0 Å². The zero-order chi connectivity index (χ0) is 17.2. The van der Waals surface area contributed by atoms with E-state index in [1.165, 1.54) is 11.1 Å². The number of nitrogens with zero attached hydrogens (tertiary/aromatic N) is 1. The van der Waals surface area contributed by atoms with Crippen molar-refractivity contribution in [1.29, 1.82) is 0 Å². The first-order valence-corrected chi connectivity index (χ1v) is 8.47. The van der Waals surface area contributed by atoms with Gasteiger partial charge in [-0.25, -0.2) is 0 Å². The highest BCUT2D eigenvalue weighted by Gasteiger charge is 1.99. The maximum Gasteiger partial charge on any atom is 0.188 e. The fraction of sp³-hybridized carbons (Fsp3) is 0.350. The number of ether oxygens (including phenoxy) is 1. The number of hydrogen-bond donors (Lipinski definition) is 2. The average molecular weight is 453 g/mol. The Bertz CT molecular complexity index is 627. The van der Waals surface area contributed by atoms with Crippen molar-refractivity contribution in [3.63, 3.8) is 0 Å². The third kappa shape index (κ3) is 8.77. The summed E-state index contributed by atoms with van der Waals surface area (Å²) in [6.45, 7) is 5.52. The fourth-order valence-electron chi connectivity index (χ4n) is 2.35. The smallest absolute Gasteiger partial charge is 0.188 e. The molecule has 0 fully saturated rings. The molecule has 0 radical (unpaired) electrons. The number of nitrogens with one attached hydrogen (secondary N) is 1. The first kappa shape index (κ1) is 21.3. The summed E-state index contributed by atoms with van der Waals surface area (Å²) in [6, 6.07) is 18.5. The van der Waals surface area contributed by atoms with Crippen LogP contribution in [-0.2, 0) is 12.8 Å². The summed E-state index contributed by atoms with van der Waals surface area (Å²) in [5.74, 6) is 1.41. The van der Waals surface area contributed by atoms with Gasteiger partial charge in [-0.05, 0) is 49.9 Å². The SMILES string of the molecule is CC(C)Oc1ccc(CCN=C(N)NCCc2ccccc2)cc1.I. The Labute approximate surface area is 167 Å². The van der Waals surface area contributed by atoms with Crippen LogP contribution in [-0.4, -0.2) is 25.2 Å². The molecule has 5 heteroatoms. The van der Waals surface area contributed by atoms with Crippen molar-refractivity contribution in [3.8, 4) is 5.75 Å². The van der Waals surface area contributed by atoms with E-state index >= 15 is 0 Å². The second-order valence-electron chi connectivity index (χ2n) is 5.99. The van der Waals surface area contributed by atoms with Crippen LogP contribution in [0.3, 0.4) is 0 Å². The lowest BCUT2D eigenvalue weighted by Gasteiger charge is -2.10. The number of guanidine groups is 1. The van der Waals surface area contributed by atoms with Crippen molar-refractivity contribution in [2.24, 2.45) is 10.7 Å². The summed E-state index contributed by atoms with van der Waals surface area (Å²) in [5, 5.41) is 3.16. The molecule has 0 aliphatic heterocycles. The van der Waals surface area contributed by atoms with E-state index in [1.54, 1.807) is 0 Å². The van der Waals surface area contributed by atoms with E-state index in [2.05, 4.69) is 34.6 Å². The molecule has 136 valence electrons. The highest BCUT2D eigenvalue weighted by Crippen LogP contribution is 2.14. The highest BCUT2D eigenvalue weighted by atomic mass is 127. The van der Waals surface area contributed by atoms with Crippen LogP contribution in [0, 0.1) is 0 Å². The molecule has 0 aliphatic rings. The molecule has 0 unspecified atom stereocenters. The third-order valence-electron chi connectivity index (χ3n) is 3.54. The van der Waals surface area contributed by atoms with Crippen molar-refractivity contribution >= 4 is 29.9 Å². The van der Waals surface area contributed by atoms with Crippen molar-refractivity contribution in [1.82, 2.24) is 5.32 Å². The number of rotatable bonds is 8. The number of nitrogens with two attached hydrogens (primary N) is 1. The molecule has 0 spiro atoms. The Kier molecular flexibility index (Phi) is 9.99. The van der Waals surface area contributed by atoms with E-state index in [0.29, 0.717) is 12.5 Å². The van der Waals surface area contributed by atoms with E-state index in [0.717, 1.165) is 25.1 Å². The summed E-state index contributed by atoms with van der Waals surface area (Å²) < 4.78 is 5.64. The summed E-state index contributed by atoms with van der Waals surface area (Å²) in [4.78, 5) is 4.37. The van der Waals surface area contributed by atoms with Crippen LogP contribution in [0.2, 0.25) is 0 Å². The summed E-state index contributed by atoms with van der Waals surface area (Å²) in [7, 11) is 0. The Balaban J connectivity index is 0.00000312. The molecule has 2 aromatic carbocycles. The first-order valence-electron chi connectivity index (χ1n) is 8.47. The van der Waals surface area contributed by atoms with E-state index in [1.807, 2.05) is 44.2 Å². The quantitative estimate of drug-likeness (QED) is 0.364. The summed E-state index contributed by atoms with van der Waals surface area (Å²) in [5.41, 5.74) is 8.42. The Morgan fingerprint density at radius 1 is 1.00 bits per heavy atom. The normalized spacial score (nSPS) is 11.1. The number of hydrogen-bond acceptors (Lipinski definition) is 2. The maximum absolute atomic E-state index is 5.90. The van der Waals surface area contributed by atoms with E-state index in [9.17, 15) is 0 Å². The van der Waals surface area contributed by atoms with Crippen LogP contribution < -0.4 is 15.8 Å². The lowest BCUT2D eigenvalue weighted by atomic mass is 10.1. The van der Waals surface area contributed by atoms with Crippen LogP contribution in [0.1, 0.15) is 25.0 Å². The van der Waals surface area contributed by atoms with Gasteiger partial charge >= 0.3 is 0 Å². The van der Waals surface area contributed by atoms with Gasteiger partial charge in [0.25, 0.3) is 0 Å². The summed E-state index contributed by atoms with van der Waals surface area (Å²) in [6.07, 6.45) is 2.00. The third-order valence-corrected chi connectivity index (χ3v) is 3.54. The Morgan fingerprint density at radius 2 is 1.64 bits per heavy atom. The Hall–Kier alpha value is -1.76. The van der Waals surface area contributed by atoms with Crippen molar-refractivity contribution in [2.75, 3.05) is 13.1 Å². The van der Waals surface area contributed by atoms with Crippen LogP contribution in [0.15, 0.2) is 59.6 Å². The maximum atomic E-state index is 5.90. The molecule has 3 N–H and O–H groups in total. The lowest BCUT2D eigenvalue weighted by molar-refractivity contribution is 0.242. The molecular weight excluding hydrogens is 425 g/mol. The van der Waals surface area contributed by atoms with Gasteiger partial charge in [0.2, 0.25) is 0 Å². The highest BCUT2D eigenvalue weighted by molar-refractivity contribution is 14.0. The molecule has 0 heterocycles. The van der Waals surface area contributed by atoms with Crippen molar-refractivity contribution < 1.29 is 4.74 Å². The van der Waals surface area contributed by atoms with Crippen LogP contribution in [0.5, 0.6) is 5.75 Å². The Morgan fingerprint density at radius 3 is 2.28 bits per heavy atom. The minimum Gasteiger partial charge on any atom is -0.491 e. The minimum atomic E-state index is 0. The average Bonchev–Trinajstić information content (AvgIpc) is 2.57. The van der Waals surface area contributed by atoms with E-state index < -0.39 is 0 Å². The van der Waals surface area contributed by atoms with Crippen LogP contribution in [0.25, 0.3) is 0 Å². The number of aliphatic imine (C=N–C) groups is 1. The topological polar surface area (TPSA) is 59.6 Å². The largest absolute Gasteiger partial charge is 0.491 e. The van der Waals surface area contributed by atoms with Gasteiger partial charge in [-0.3, -0.25) is 4.99 Å². The molecule has 2 rings (SSSR count). The number of halogens is 1. The molecule has 0 aliphatic carbocycles. The molecule has 0 saturated carbocycles. The van der Waals surface area contributed by atoms with E-state index in [-0.39, 0.29) is 30.1 Å². The molecule has 0 saturated heterocycles. The molecule has 2 aromatic rings. The number of benzene rings is 2. The van der Waals surface area contributed by atoms with Crippen LogP contribution in [0.4, 0.5) is 0 Å². The molecule has 0 aromatic heterocycles. The van der Waals surface area contributed by atoms with Gasteiger partial charge < -0.3 is 15.8 Å². The van der Waals surface area contributed by atoms with Gasteiger partial charge in [-0.1, -0.05) is 42.5 Å². The predicted molar refractivity (Wildman–Crippen MR) is 116 cm³/mol. The van der Waals surface area contributed by atoms with Gasteiger partial charge in [0.05, 0.1) is 6.10 Å². The summed E-state index contributed by atoms with van der Waals surface area (Å²) >= 11 is 0. The zero-order valence-electron chi connectivity index (χ0n) is 14.9. The van der Waals surface area contributed by atoms with Gasteiger partial charge in [0.15, 0.2) is 5.96 Å². The molecule has 0 atom stereocenters. The van der Waals surface area contributed by atoms with Gasteiger partial charge in [0, 0.05) is 13.1 Å². The minimum absolute atomic E-state index is 0. The van der Waals surface area contributed by atoms with Crippen molar-refractivity contribution in [3.05, 3.63) is 65.7 Å². The fourth-order valence-corrected chi connectivity index (χ4v) is 2.35.